The highest BCUT2D eigenvalue weighted by Gasteiger charge is 2.48. The van der Waals surface area contributed by atoms with Gasteiger partial charge in [-0.2, -0.15) is 0 Å². The average Bonchev–Trinajstić information content (AvgIpc) is 3.54. The van der Waals surface area contributed by atoms with Crippen molar-refractivity contribution in [1.29, 1.82) is 0 Å². The number of rotatable bonds is 10. The van der Waals surface area contributed by atoms with E-state index in [2.05, 4.69) is 17.1 Å². The number of aliphatic hydroxyl groups is 1. The number of hydrogen-bond donors (Lipinski definition) is 1. The van der Waals surface area contributed by atoms with Crippen molar-refractivity contribution in [2.75, 3.05) is 11.5 Å². The molecule has 7 nitrogen and oxygen atoms in total. The van der Waals surface area contributed by atoms with Crippen LogP contribution in [-0.4, -0.2) is 33.6 Å². The fourth-order valence-corrected chi connectivity index (χ4v) is 6.12. The monoisotopic (exact) mass is 575 g/mol. The Morgan fingerprint density at radius 3 is 2.58 bits per heavy atom. The van der Waals surface area contributed by atoms with Crippen LogP contribution in [0.1, 0.15) is 42.5 Å². The largest absolute Gasteiger partial charge is 0.507 e. The minimum absolute atomic E-state index is 0.115. The molecule has 5 rings (SSSR count). The zero-order chi connectivity index (χ0) is 28.1. The summed E-state index contributed by atoms with van der Waals surface area (Å²) in [6.45, 7) is 2.59. The van der Waals surface area contributed by atoms with Crippen LogP contribution in [0.2, 0.25) is 0 Å². The highest BCUT2D eigenvalue weighted by molar-refractivity contribution is 8.00. The molecule has 0 radical (unpaired) electrons. The molecule has 1 unspecified atom stereocenters. The van der Waals surface area contributed by atoms with Crippen molar-refractivity contribution >= 4 is 45.7 Å². The van der Waals surface area contributed by atoms with Gasteiger partial charge in [-0.1, -0.05) is 78.9 Å². The number of halogens is 1. The number of ether oxygens (including phenoxy) is 1. The summed E-state index contributed by atoms with van der Waals surface area (Å²) in [5.41, 5.74) is 1.78. The molecule has 40 heavy (non-hydrogen) atoms. The second-order valence-electron chi connectivity index (χ2n) is 9.08. The lowest BCUT2D eigenvalue weighted by atomic mass is 9.95. The van der Waals surface area contributed by atoms with E-state index in [1.54, 1.807) is 24.3 Å². The molecule has 4 aromatic rings. The van der Waals surface area contributed by atoms with Crippen LogP contribution in [0.25, 0.3) is 5.76 Å². The molecule has 204 valence electrons. The molecule has 1 fully saturated rings. The molecule has 1 N–H and O–H groups in total. The number of thioether (sulfide) groups is 1. The molecule has 1 saturated heterocycles. The third kappa shape index (κ3) is 5.93. The zero-order valence-corrected chi connectivity index (χ0v) is 23.3. The lowest BCUT2D eigenvalue weighted by Gasteiger charge is -2.23. The van der Waals surface area contributed by atoms with E-state index in [0.717, 1.165) is 18.4 Å². The predicted octanol–water partition coefficient (Wildman–Crippen LogP) is 6.77. The van der Waals surface area contributed by atoms with Crippen LogP contribution < -0.4 is 9.64 Å². The van der Waals surface area contributed by atoms with Crippen LogP contribution in [0, 0.1) is 5.82 Å². The number of unbranched alkanes of at least 4 members (excludes halogenated alkanes) is 1. The highest BCUT2D eigenvalue weighted by Crippen LogP contribution is 2.44. The van der Waals surface area contributed by atoms with Gasteiger partial charge in [-0.3, -0.25) is 14.5 Å². The molecule has 10 heteroatoms. The predicted molar refractivity (Wildman–Crippen MR) is 154 cm³/mol. The first-order valence-corrected chi connectivity index (χ1v) is 14.6. The Morgan fingerprint density at radius 1 is 1.05 bits per heavy atom. The fraction of sp³-hybridized carbons (Fsp3) is 0.200. The van der Waals surface area contributed by atoms with Gasteiger partial charge >= 0.3 is 5.91 Å². The van der Waals surface area contributed by atoms with Gasteiger partial charge in [0.05, 0.1) is 18.2 Å². The maximum atomic E-state index is 13.6. The van der Waals surface area contributed by atoms with Crippen molar-refractivity contribution in [2.45, 2.75) is 35.9 Å². The smallest absolute Gasteiger partial charge is 0.301 e. The van der Waals surface area contributed by atoms with Crippen molar-refractivity contribution in [3.8, 4) is 5.75 Å². The summed E-state index contributed by atoms with van der Waals surface area (Å²) in [5.74, 6) is -1.33. The molecule has 1 aliphatic rings. The Labute approximate surface area is 239 Å². The molecule has 0 saturated carbocycles. The maximum Gasteiger partial charge on any atom is 0.301 e. The number of carbonyl (C=O) groups excluding carboxylic acids is 2. The molecule has 1 aliphatic heterocycles. The van der Waals surface area contributed by atoms with Gasteiger partial charge in [0.25, 0.3) is 5.78 Å². The molecular weight excluding hydrogens is 549 g/mol. The first kappa shape index (κ1) is 27.5. The van der Waals surface area contributed by atoms with Crippen LogP contribution in [0.15, 0.2) is 88.8 Å². The molecule has 1 aromatic heterocycles. The Kier molecular flexibility index (Phi) is 8.57. The molecule has 1 amide bonds. The van der Waals surface area contributed by atoms with Gasteiger partial charge in [-0.25, -0.2) is 4.39 Å². The van der Waals surface area contributed by atoms with E-state index < -0.39 is 29.3 Å². The van der Waals surface area contributed by atoms with Crippen LogP contribution in [0.5, 0.6) is 5.75 Å². The topological polar surface area (TPSA) is 92.6 Å². The quantitative estimate of drug-likeness (QED) is 0.0557. The summed E-state index contributed by atoms with van der Waals surface area (Å²) in [7, 11) is 0. The SMILES string of the molecule is CCCCOc1cccc(C2C(=C(O)c3ccc(F)cc3)C(=O)C(=O)N2c2nnc(SCc3ccccc3)s2)c1. The van der Waals surface area contributed by atoms with Gasteiger partial charge in [0.2, 0.25) is 5.13 Å². The zero-order valence-electron chi connectivity index (χ0n) is 21.6. The molecule has 0 aliphatic carbocycles. The van der Waals surface area contributed by atoms with Crippen molar-refractivity contribution in [3.63, 3.8) is 0 Å². The average molecular weight is 576 g/mol. The van der Waals surface area contributed by atoms with Crippen LogP contribution in [-0.2, 0) is 15.3 Å². The van der Waals surface area contributed by atoms with Crippen molar-refractivity contribution in [2.24, 2.45) is 0 Å². The second kappa shape index (κ2) is 12.4. The summed E-state index contributed by atoms with van der Waals surface area (Å²) in [4.78, 5) is 28.1. The molecule has 2 heterocycles. The highest BCUT2D eigenvalue weighted by atomic mass is 32.2. The van der Waals surface area contributed by atoms with Gasteiger partial charge in [0.1, 0.15) is 17.3 Å². The molecule has 0 bridgehead atoms. The standard InChI is InChI=1S/C30H26FN3O4S2/c1-2-3-16-38-23-11-7-10-21(17-23)25-24(26(35)20-12-14-22(31)15-13-20)27(36)28(37)34(25)29-32-33-30(40-29)39-18-19-8-5-4-6-9-19/h4-15,17,25,35H,2-3,16,18H2,1H3. The van der Waals surface area contributed by atoms with Crippen molar-refractivity contribution < 1.29 is 23.8 Å². The van der Waals surface area contributed by atoms with E-state index in [1.807, 2.05) is 30.3 Å². The van der Waals surface area contributed by atoms with Gasteiger partial charge in [-0.15, -0.1) is 10.2 Å². The van der Waals surface area contributed by atoms with Crippen molar-refractivity contribution in [1.82, 2.24) is 10.2 Å². The normalized spacial score (nSPS) is 16.4. The number of anilines is 1. The van der Waals surface area contributed by atoms with Crippen LogP contribution >= 0.6 is 23.1 Å². The number of Topliss-reactive ketones (excluding diaryl/α,β-unsaturated/α-hetero) is 1. The summed E-state index contributed by atoms with van der Waals surface area (Å²) in [6, 6.07) is 21.1. The van der Waals surface area contributed by atoms with Crippen molar-refractivity contribution in [3.05, 3.63) is 107 Å². The number of benzene rings is 3. The number of aromatic nitrogens is 2. The summed E-state index contributed by atoms with van der Waals surface area (Å²) in [5, 5.41) is 20.0. The Morgan fingerprint density at radius 2 is 1.82 bits per heavy atom. The first-order chi connectivity index (χ1) is 19.5. The Bertz CT molecular complexity index is 1540. The second-order valence-corrected chi connectivity index (χ2v) is 11.3. The van der Waals surface area contributed by atoms with E-state index in [1.165, 1.54) is 52.3 Å². The lowest BCUT2D eigenvalue weighted by molar-refractivity contribution is -0.132. The van der Waals surface area contributed by atoms with Crippen LogP contribution in [0.3, 0.4) is 0 Å². The fourth-order valence-electron chi connectivity index (χ4n) is 4.29. The van der Waals surface area contributed by atoms with Gasteiger partial charge in [0.15, 0.2) is 4.34 Å². The molecule has 0 spiro atoms. The van der Waals surface area contributed by atoms with E-state index in [-0.39, 0.29) is 16.3 Å². The van der Waals surface area contributed by atoms with E-state index >= 15 is 0 Å². The van der Waals surface area contributed by atoms with Crippen LogP contribution in [0.4, 0.5) is 9.52 Å². The third-order valence-electron chi connectivity index (χ3n) is 6.31. The lowest BCUT2D eigenvalue weighted by Crippen LogP contribution is -2.29. The number of hydrogen-bond acceptors (Lipinski definition) is 8. The molecular formula is C30H26FN3O4S2. The Hall–Kier alpha value is -4.02. The van der Waals surface area contributed by atoms with Gasteiger partial charge in [-0.05, 0) is 53.9 Å². The molecule has 1 atom stereocenters. The number of nitrogens with zero attached hydrogens (tertiary/aromatic N) is 3. The molecule has 3 aromatic carbocycles. The number of amides is 1. The van der Waals surface area contributed by atoms with E-state index in [4.69, 9.17) is 4.74 Å². The van der Waals surface area contributed by atoms with E-state index in [0.29, 0.717) is 28.0 Å². The first-order valence-electron chi connectivity index (χ1n) is 12.8. The van der Waals surface area contributed by atoms with E-state index in [9.17, 15) is 19.1 Å². The minimum Gasteiger partial charge on any atom is -0.507 e. The van der Waals surface area contributed by atoms with Gasteiger partial charge < -0.3 is 9.84 Å². The summed E-state index contributed by atoms with van der Waals surface area (Å²) >= 11 is 2.67. The number of ketones is 1. The summed E-state index contributed by atoms with van der Waals surface area (Å²) < 4.78 is 20.1. The maximum absolute atomic E-state index is 13.6. The van der Waals surface area contributed by atoms with Gasteiger partial charge in [0, 0.05) is 11.3 Å². The minimum atomic E-state index is -0.986. The summed E-state index contributed by atoms with van der Waals surface area (Å²) in [6.07, 6.45) is 1.85. The Balaban J connectivity index is 1.54. The number of aliphatic hydroxyl groups excluding tert-OH is 1. The third-order valence-corrected chi connectivity index (χ3v) is 8.44. The number of carbonyl (C=O) groups is 2.